The summed E-state index contributed by atoms with van der Waals surface area (Å²) in [5.74, 6) is 1.37. The number of aryl methyl sites for hydroxylation is 3. The fraction of sp³-hybridized carbons (Fsp3) is 0.300. The van der Waals surface area contributed by atoms with E-state index in [9.17, 15) is 4.79 Å². The van der Waals surface area contributed by atoms with E-state index in [4.69, 9.17) is 4.98 Å². The molecule has 4 nitrogen and oxygen atoms in total. The van der Waals surface area contributed by atoms with E-state index in [0.29, 0.717) is 17.1 Å². The molecule has 0 aliphatic heterocycles. The molecule has 0 aliphatic carbocycles. The minimum atomic E-state index is -0.0000178. The maximum atomic E-state index is 11.9. The number of ketones is 1. The number of nitrogens with zero attached hydrogens (tertiary/aromatic N) is 3. The lowest BCUT2D eigenvalue weighted by atomic mass is 10.1. The lowest BCUT2D eigenvalue weighted by Crippen LogP contribution is -2.06. The fourth-order valence-electron chi connectivity index (χ4n) is 2.72. The van der Waals surface area contributed by atoms with E-state index in [0.717, 1.165) is 33.4 Å². The molecular formula is C20H21N3OS2. The Morgan fingerprint density at radius 2 is 1.85 bits per heavy atom. The highest BCUT2D eigenvalue weighted by Gasteiger charge is 2.15. The highest BCUT2D eigenvalue weighted by atomic mass is 32.2. The van der Waals surface area contributed by atoms with Crippen LogP contribution >= 0.6 is 23.1 Å². The van der Waals surface area contributed by atoms with Crippen LogP contribution in [-0.4, -0.2) is 20.7 Å². The van der Waals surface area contributed by atoms with Crippen LogP contribution in [0.25, 0.3) is 10.6 Å². The van der Waals surface area contributed by atoms with Crippen molar-refractivity contribution in [2.75, 3.05) is 0 Å². The lowest BCUT2D eigenvalue weighted by Gasteiger charge is -2.08. The molecule has 3 rings (SSSR count). The molecule has 0 unspecified atom stereocenters. The lowest BCUT2D eigenvalue weighted by molar-refractivity contribution is 0.101. The van der Waals surface area contributed by atoms with Crippen molar-refractivity contribution in [3.05, 3.63) is 58.0 Å². The smallest absolute Gasteiger partial charge is 0.164 e. The summed E-state index contributed by atoms with van der Waals surface area (Å²) < 4.78 is 0. The van der Waals surface area contributed by atoms with E-state index in [1.54, 1.807) is 30.0 Å². The number of rotatable bonds is 6. The maximum absolute atomic E-state index is 11.9. The van der Waals surface area contributed by atoms with Crippen molar-refractivity contribution in [3.8, 4) is 10.6 Å². The number of carbonyl (C=O) groups excluding carboxylic acids is 1. The molecule has 1 aromatic carbocycles. The van der Waals surface area contributed by atoms with Crippen molar-refractivity contribution in [1.29, 1.82) is 0 Å². The summed E-state index contributed by atoms with van der Waals surface area (Å²) in [4.78, 5) is 25.5. The van der Waals surface area contributed by atoms with Crippen LogP contribution in [-0.2, 0) is 12.2 Å². The molecule has 0 bridgehead atoms. The SMILES string of the molecule is CCc1ccc(-c2nc(CSc3nc(C)nc(C)c3C(C)=O)cs2)cc1. The number of hydrogen-bond acceptors (Lipinski definition) is 6. The van der Waals surface area contributed by atoms with Crippen molar-refractivity contribution >= 4 is 28.9 Å². The molecule has 2 aromatic heterocycles. The van der Waals surface area contributed by atoms with Gasteiger partial charge in [0.05, 0.1) is 17.0 Å². The molecule has 0 amide bonds. The third kappa shape index (κ3) is 4.19. The van der Waals surface area contributed by atoms with Gasteiger partial charge in [-0.2, -0.15) is 0 Å². The van der Waals surface area contributed by atoms with E-state index < -0.39 is 0 Å². The zero-order chi connectivity index (χ0) is 18.7. The highest BCUT2D eigenvalue weighted by molar-refractivity contribution is 7.98. The number of benzene rings is 1. The monoisotopic (exact) mass is 383 g/mol. The summed E-state index contributed by atoms with van der Waals surface area (Å²) in [6.45, 7) is 7.42. The van der Waals surface area contributed by atoms with E-state index in [-0.39, 0.29) is 5.78 Å². The van der Waals surface area contributed by atoms with Gasteiger partial charge in [-0.15, -0.1) is 11.3 Å². The fourth-order valence-corrected chi connectivity index (χ4v) is 4.72. The van der Waals surface area contributed by atoms with Crippen LogP contribution in [0, 0.1) is 13.8 Å². The van der Waals surface area contributed by atoms with Crippen molar-refractivity contribution in [2.45, 2.75) is 44.9 Å². The zero-order valence-electron chi connectivity index (χ0n) is 15.4. The van der Waals surface area contributed by atoms with Gasteiger partial charge in [-0.25, -0.2) is 15.0 Å². The molecule has 0 radical (unpaired) electrons. The molecule has 0 saturated carbocycles. The molecule has 0 saturated heterocycles. The average Bonchev–Trinajstić information content (AvgIpc) is 3.08. The number of thiazole rings is 1. The van der Waals surface area contributed by atoms with Crippen LogP contribution in [0.15, 0.2) is 34.7 Å². The van der Waals surface area contributed by atoms with Gasteiger partial charge in [0.1, 0.15) is 15.9 Å². The molecular weight excluding hydrogens is 362 g/mol. The molecule has 0 N–H and O–H groups in total. The largest absolute Gasteiger partial charge is 0.294 e. The highest BCUT2D eigenvalue weighted by Crippen LogP contribution is 2.30. The Balaban J connectivity index is 1.77. The van der Waals surface area contributed by atoms with Crippen LogP contribution in [0.1, 0.15) is 47.0 Å². The van der Waals surface area contributed by atoms with E-state index in [1.807, 2.05) is 13.8 Å². The maximum Gasteiger partial charge on any atom is 0.164 e. The average molecular weight is 384 g/mol. The normalized spacial score (nSPS) is 10.9. The second kappa shape index (κ2) is 8.10. The van der Waals surface area contributed by atoms with Gasteiger partial charge in [-0.05, 0) is 32.8 Å². The molecule has 26 heavy (non-hydrogen) atoms. The van der Waals surface area contributed by atoms with E-state index in [1.165, 1.54) is 5.56 Å². The first-order chi connectivity index (χ1) is 12.5. The predicted octanol–water partition coefficient (Wildman–Crippen LogP) is 5.27. The minimum Gasteiger partial charge on any atom is -0.294 e. The number of aromatic nitrogens is 3. The first-order valence-corrected chi connectivity index (χ1v) is 10.4. The molecule has 2 heterocycles. The zero-order valence-corrected chi connectivity index (χ0v) is 17.0. The summed E-state index contributed by atoms with van der Waals surface area (Å²) in [6.07, 6.45) is 1.04. The van der Waals surface area contributed by atoms with Crippen LogP contribution in [0.5, 0.6) is 0 Å². The molecule has 3 aromatic rings. The third-order valence-electron chi connectivity index (χ3n) is 4.04. The Morgan fingerprint density at radius 3 is 2.50 bits per heavy atom. The van der Waals surface area contributed by atoms with Crippen LogP contribution in [0.2, 0.25) is 0 Å². The Kier molecular flexibility index (Phi) is 5.84. The third-order valence-corrected chi connectivity index (χ3v) is 5.99. The van der Waals surface area contributed by atoms with Crippen LogP contribution in [0.3, 0.4) is 0 Å². The Hall–Kier alpha value is -2.05. The standard InChI is InChI=1S/C20H21N3OS2/c1-5-15-6-8-16(9-7-15)19-23-17(10-25-19)11-26-20-18(13(3)24)12(2)21-14(4)22-20/h6-10H,5,11H2,1-4H3. The number of Topliss-reactive ketones (excluding diaryl/α,β-unsaturated/α-hetero) is 1. The van der Waals surface area contributed by atoms with Crippen molar-refractivity contribution in [3.63, 3.8) is 0 Å². The van der Waals surface area contributed by atoms with Crippen molar-refractivity contribution in [1.82, 2.24) is 15.0 Å². The Bertz CT molecular complexity index is 933. The topological polar surface area (TPSA) is 55.7 Å². The second-order valence-corrected chi connectivity index (χ2v) is 7.90. The molecule has 0 spiro atoms. The van der Waals surface area contributed by atoms with E-state index in [2.05, 4.69) is 46.5 Å². The molecule has 0 fully saturated rings. The van der Waals surface area contributed by atoms with Crippen molar-refractivity contribution in [2.24, 2.45) is 0 Å². The summed E-state index contributed by atoms with van der Waals surface area (Å²) in [6, 6.07) is 8.55. The summed E-state index contributed by atoms with van der Waals surface area (Å²) in [5.41, 5.74) is 4.82. The van der Waals surface area contributed by atoms with Gasteiger partial charge in [0.15, 0.2) is 5.78 Å². The van der Waals surface area contributed by atoms with Crippen LogP contribution < -0.4 is 0 Å². The number of thioether (sulfide) groups is 1. The Morgan fingerprint density at radius 1 is 1.12 bits per heavy atom. The summed E-state index contributed by atoms with van der Waals surface area (Å²) in [7, 11) is 0. The van der Waals surface area contributed by atoms with Gasteiger partial charge < -0.3 is 0 Å². The second-order valence-electron chi connectivity index (χ2n) is 6.08. The van der Waals surface area contributed by atoms with Crippen LogP contribution in [0.4, 0.5) is 0 Å². The van der Waals surface area contributed by atoms with E-state index >= 15 is 0 Å². The first-order valence-electron chi connectivity index (χ1n) is 8.50. The molecule has 0 aliphatic rings. The molecule has 134 valence electrons. The Labute approximate surface area is 162 Å². The minimum absolute atomic E-state index is 0.0000178. The summed E-state index contributed by atoms with van der Waals surface area (Å²) in [5, 5.41) is 3.83. The van der Waals surface area contributed by atoms with Crippen molar-refractivity contribution < 1.29 is 4.79 Å². The number of hydrogen-bond donors (Lipinski definition) is 0. The summed E-state index contributed by atoms with van der Waals surface area (Å²) >= 11 is 3.19. The predicted molar refractivity (Wildman–Crippen MR) is 108 cm³/mol. The van der Waals surface area contributed by atoms with Gasteiger partial charge in [0.2, 0.25) is 0 Å². The van der Waals surface area contributed by atoms with Gasteiger partial charge in [0, 0.05) is 16.7 Å². The first kappa shape index (κ1) is 18.7. The quantitative estimate of drug-likeness (QED) is 0.329. The van der Waals surface area contributed by atoms with Gasteiger partial charge in [-0.3, -0.25) is 4.79 Å². The molecule has 0 atom stereocenters. The molecule has 6 heteroatoms. The van der Waals surface area contributed by atoms with Gasteiger partial charge in [0.25, 0.3) is 0 Å². The van der Waals surface area contributed by atoms with Gasteiger partial charge in [-0.1, -0.05) is 43.0 Å². The van der Waals surface area contributed by atoms with Gasteiger partial charge >= 0.3 is 0 Å². The number of carbonyl (C=O) groups is 1.